The fourth-order valence-corrected chi connectivity index (χ4v) is 4.48. The van der Waals surface area contributed by atoms with Gasteiger partial charge in [0.1, 0.15) is 12.7 Å². The summed E-state index contributed by atoms with van der Waals surface area (Å²) in [5.74, 6) is -0.785. The Kier molecular flexibility index (Phi) is 10.0. The maximum absolute atomic E-state index is 16.6. The number of hydrogen-bond donors (Lipinski definition) is 2. The molecule has 12 nitrogen and oxygen atoms in total. The summed E-state index contributed by atoms with van der Waals surface area (Å²) in [6.07, 6.45) is -1.91. The first-order valence-corrected chi connectivity index (χ1v) is 13.6. The molecule has 2 aromatic heterocycles. The van der Waals surface area contributed by atoms with Gasteiger partial charge >= 0.3 is 11.9 Å². The van der Waals surface area contributed by atoms with Gasteiger partial charge in [0.25, 0.3) is 0 Å². The smallest absolute Gasteiger partial charge is 0.306 e. The van der Waals surface area contributed by atoms with Crippen molar-refractivity contribution in [2.24, 2.45) is 17.8 Å². The Balaban J connectivity index is 1.98. The lowest BCUT2D eigenvalue weighted by molar-refractivity contribution is -0.162. The van der Waals surface area contributed by atoms with Crippen LogP contribution in [0.5, 0.6) is 0 Å². The first-order valence-electron chi connectivity index (χ1n) is 13.6. The number of rotatable bonds is 12. The van der Waals surface area contributed by atoms with Crippen molar-refractivity contribution >= 4 is 40.8 Å². The van der Waals surface area contributed by atoms with E-state index >= 15 is 4.39 Å². The summed E-state index contributed by atoms with van der Waals surface area (Å²) >= 11 is 0. The van der Waals surface area contributed by atoms with E-state index in [1.54, 1.807) is 7.05 Å². The second-order valence-electron chi connectivity index (χ2n) is 11.6. The topological polar surface area (TPSA) is 147 Å². The Bertz CT molecular complexity index is 1210. The molecule has 0 radical (unpaired) electrons. The predicted octanol–water partition coefficient (Wildman–Crippen LogP) is 4.03. The zero-order valence-electron chi connectivity index (χ0n) is 24.5. The van der Waals surface area contributed by atoms with Crippen LogP contribution in [0.3, 0.4) is 0 Å². The minimum absolute atomic E-state index is 0.00242. The second-order valence-corrected chi connectivity index (χ2v) is 11.6. The van der Waals surface area contributed by atoms with Gasteiger partial charge in [-0.1, -0.05) is 41.5 Å². The number of ether oxygens (including phenoxy) is 3. The predicted molar refractivity (Wildman–Crippen MR) is 146 cm³/mol. The third kappa shape index (κ3) is 7.43. The molecule has 1 fully saturated rings. The molecule has 0 bridgehead atoms. The lowest BCUT2D eigenvalue weighted by Crippen LogP contribution is -2.44. The van der Waals surface area contributed by atoms with Gasteiger partial charge in [0.15, 0.2) is 35.0 Å². The largest absolute Gasteiger partial charge is 0.463 e. The number of nitrogens with zero attached hydrogens (tertiary/aromatic N) is 4. The maximum atomic E-state index is 16.6. The quantitative estimate of drug-likeness (QED) is 0.362. The Morgan fingerprint density at radius 1 is 1.05 bits per heavy atom. The van der Waals surface area contributed by atoms with Gasteiger partial charge in [-0.2, -0.15) is 9.97 Å². The van der Waals surface area contributed by atoms with Gasteiger partial charge < -0.3 is 19.5 Å². The average Bonchev–Trinajstić information content (AvgIpc) is 3.34. The van der Waals surface area contributed by atoms with Crippen LogP contribution in [0.2, 0.25) is 0 Å². The van der Waals surface area contributed by atoms with Gasteiger partial charge in [-0.05, 0) is 24.7 Å². The number of nitrogens with one attached hydrogen (secondary N) is 2. The van der Waals surface area contributed by atoms with E-state index in [-0.39, 0.29) is 61.1 Å². The Hall–Kier alpha value is -3.35. The molecule has 1 saturated heterocycles. The first-order chi connectivity index (χ1) is 18.7. The van der Waals surface area contributed by atoms with Gasteiger partial charge in [0.2, 0.25) is 11.9 Å². The standard InChI is InChI=1S/C27H41FN6O6/c1-14(2)9-18(35)31-26-32-23(29-8)21-24(33-26)34(13-30-21)25-27(7,28)22(40-20(37)11-16(5)6)17(39-25)12-38-19(36)10-15(3)4/h13-17,22,25H,9-12H2,1-8H3,(H2,29,31,32,33,35)/t17-,22-,25-,27-/m1/s1. The van der Waals surface area contributed by atoms with Crippen molar-refractivity contribution in [2.45, 2.75) is 91.8 Å². The average molecular weight is 565 g/mol. The molecular weight excluding hydrogens is 523 g/mol. The van der Waals surface area contributed by atoms with E-state index in [1.165, 1.54) is 17.8 Å². The van der Waals surface area contributed by atoms with Crippen LogP contribution in [0.15, 0.2) is 6.33 Å². The van der Waals surface area contributed by atoms with Crippen molar-refractivity contribution in [1.29, 1.82) is 0 Å². The summed E-state index contributed by atoms with van der Waals surface area (Å²) in [7, 11) is 1.64. The van der Waals surface area contributed by atoms with Crippen molar-refractivity contribution < 1.29 is 33.0 Å². The van der Waals surface area contributed by atoms with E-state index in [9.17, 15) is 14.4 Å². The van der Waals surface area contributed by atoms with Gasteiger partial charge in [0, 0.05) is 26.3 Å². The number of imidazole rings is 1. The molecular formula is C27H41FN6O6. The van der Waals surface area contributed by atoms with Crippen molar-refractivity contribution in [3.63, 3.8) is 0 Å². The summed E-state index contributed by atoms with van der Waals surface area (Å²) < 4.78 is 35.0. The van der Waals surface area contributed by atoms with E-state index in [1.807, 2.05) is 41.5 Å². The highest BCUT2D eigenvalue weighted by Crippen LogP contribution is 2.44. The highest BCUT2D eigenvalue weighted by molar-refractivity contribution is 5.91. The van der Waals surface area contributed by atoms with Crippen molar-refractivity contribution in [1.82, 2.24) is 19.5 Å². The lowest BCUT2D eigenvalue weighted by atomic mass is 9.98. The van der Waals surface area contributed by atoms with Crippen LogP contribution in [0, 0.1) is 17.8 Å². The fraction of sp³-hybridized carbons (Fsp3) is 0.704. The molecule has 0 unspecified atom stereocenters. The molecule has 1 amide bonds. The summed E-state index contributed by atoms with van der Waals surface area (Å²) in [5.41, 5.74) is -1.75. The minimum Gasteiger partial charge on any atom is -0.463 e. The molecule has 0 spiro atoms. The summed E-state index contributed by atoms with van der Waals surface area (Å²) in [5, 5.41) is 5.59. The van der Waals surface area contributed by atoms with Crippen molar-refractivity contribution in [2.75, 3.05) is 24.3 Å². The summed E-state index contributed by atoms with van der Waals surface area (Å²) in [6.45, 7) is 12.2. The number of aromatic nitrogens is 4. The van der Waals surface area contributed by atoms with Crippen LogP contribution in [-0.4, -0.2) is 68.9 Å². The Morgan fingerprint density at radius 3 is 2.27 bits per heavy atom. The molecule has 0 aromatic carbocycles. The number of hydrogen-bond acceptors (Lipinski definition) is 10. The number of halogens is 1. The third-order valence-corrected chi connectivity index (χ3v) is 6.25. The molecule has 1 aliphatic rings. The van der Waals surface area contributed by atoms with E-state index in [0.29, 0.717) is 11.3 Å². The number of amides is 1. The zero-order chi connectivity index (χ0) is 29.8. The number of carbonyl (C=O) groups is 3. The number of esters is 2. The van der Waals surface area contributed by atoms with Gasteiger partial charge in [0.05, 0.1) is 6.33 Å². The molecule has 3 rings (SSSR count). The van der Waals surface area contributed by atoms with Crippen LogP contribution < -0.4 is 10.6 Å². The van der Waals surface area contributed by atoms with Crippen molar-refractivity contribution in [3.05, 3.63) is 6.33 Å². The molecule has 222 valence electrons. The summed E-state index contributed by atoms with van der Waals surface area (Å²) in [4.78, 5) is 50.3. The molecule has 13 heteroatoms. The van der Waals surface area contributed by atoms with E-state index in [4.69, 9.17) is 14.2 Å². The second kappa shape index (κ2) is 12.9. The monoisotopic (exact) mass is 564 g/mol. The molecule has 1 aliphatic heterocycles. The molecule has 0 saturated carbocycles. The van der Waals surface area contributed by atoms with Crippen LogP contribution in [0.4, 0.5) is 16.2 Å². The van der Waals surface area contributed by atoms with E-state index in [2.05, 4.69) is 25.6 Å². The van der Waals surface area contributed by atoms with E-state index in [0.717, 1.165) is 0 Å². The molecule has 2 N–H and O–H groups in total. The maximum Gasteiger partial charge on any atom is 0.306 e. The summed E-state index contributed by atoms with van der Waals surface area (Å²) in [6, 6.07) is 0. The number of fused-ring (bicyclic) bond motifs is 1. The Morgan fingerprint density at radius 2 is 1.68 bits per heavy atom. The minimum atomic E-state index is -2.26. The first kappa shape index (κ1) is 31.2. The third-order valence-electron chi connectivity index (χ3n) is 6.25. The molecule has 40 heavy (non-hydrogen) atoms. The van der Waals surface area contributed by atoms with Gasteiger partial charge in [-0.25, -0.2) is 9.37 Å². The molecule has 3 heterocycles. The molecule has 0 aliphatic carbocycles. The fourth-order valence-electron chi connectivity index (χ4n) is 4.48. The normalized spacial score (nSPS) is 22.8. The highest BCUT2D eigenvalue weighted by Gasteiger charge is 2.58. The molecule has 4 atom stereocenters. The number of alkyl halides is 1. The van der Waals surface area contributed by atoms with E-state index < -0.39 is 36.0 Å². The Labute approximate surface area is 233 Å². The van der Waals surface area contributed by atoms with Gasteiger partial charge in [-0.3, -0.25) is 24.3 Å². The van der Waals surface area contributed by atoms with Crippen LogP contribution in [0.1, 0.15) is 74.0 Å². The molecule has 2 aromatic rings. The van der Waals surface area contributed by atoms with Crippen LogP contribution in [0.25, 0.3) is 11.2 Å². The zero-order valence-corrected chi connectivity index (χ0v) is 24.5. The number of anilines is 2. The SMILES string of the molecule is CNc1nc(NC(=O)CC(C)C)nc2c1ncn2[C@@H]1O[C@H](COC(=O)CC(C)C)[C@@H](OC(=O)CC(C)C)[C@@]1(C)F. The van der Waals surface area contributed by atoms with Gasteiger partial charge in [-0.15, -0.1) is 0 Å². The van der Waals surface area contributed by atoms with Crippen LogP contribution in [-0.2, 0) is 28.6 Å². The highest BCUT2D eigenvalue weighted by atomic mass is 19.1. The van der Waals surface area contributed by atoms with Crippen molar-refractivity contribution in [3.8, 4) is 0 Å². The van der Waals surface area contributed by atoms with Crippen LogP contribution >= 0.6 is 0 Å². The lowest BCUT2D eigenvalue weighted by Gasteiger charge is -2.28. The number of carbonyl (C=O) groups excluding carboxylic acids is 3.